The molecule has 3 N–H and O–H groups in total. The largest absolute Gasteiger partial charge is 0.382 e. The van der Waals surface area contributed by atoms with Crippen molar-refractivity contribution in [2.45, 2.75) is 6.42 Å². The molecule has 2 aromatic rings. The fourth-order valence-electron chi connectivity index (χ4n) is 1.46. The van der Waals surface area contributed by atoms with Crippen LogP contribution in [0, 0.1) is 11.3 Å². The molecule has 1 amide bonds. The quantitative estimate of drug-likeness (QED) is 0.859. The first-order valence-corrected chi connectivity index (χ1v) is 5.55. The molecular formula is C13H11N5O. The topological polar surface area (TPSA) is 105 Å². The van der Waals surface area contributed by atoms with Gasteiger partial charge < -0.3 is 11.1 Å². The lowest BCUT2D eigenvalue weighted by Gasteiger charge is -2.04. The summed E-state index contributed by atoms with van der Waals surface area (Å²) < 4.78 is 0. The van der Waals surface area contributed by atoms with E-state index in [2.05, 4.69) is 21.6 Å². The number of amides is 1. The van der Waals surface area contributed by atoms with E-state index in [-0.39, 0.29) is 17.4 Å². The van der Waals surface area contributed by atoms with Gasteiger partial charge in [0.1, 0.15) is 5.82 Å². The molecule has 0 aliphatic rings. The second-order valence-corrected chi connectivity index (χ2v) is 3.83. The van der Waals surface area contributed by atoms with Crippen LogP contribution >= 0.6 is 0 Å². The Morgan fingerprint density at radius 1 is 1.21 bits per heavy atom. The lowest BCUT2D eigenvalue weighted by atomic mass is 10.1. The van der Waals surface area contributed by atoms with Crippen molar-refractivity contribution in [2.24, 2.45) is 0 Å². The number of hydrogen-bond acceptors (Lipinski definition) is 5. The Morgan fingerprint density at radius 2 is 1.95 bits per heavy atom. The molecule has 0 saturated heterocycles. The van der Waals surface area contributed by atoms with Crippen LogP contribution in [0.3, 0.4) is 0 Å². The maximum atomic E-state index is 11.8. The van der Waals surface area contributed by atoms with E-state index in [1.165, 1.54) is 12.1 Å². The van der Waals surface area contributed by atoms with Gasteiger partial charge in [-0.05, 0) is 29.8 Å². The number of anilines is 2. The molecule has 2 rings (SSSR count). The zero-order valence-electron chi connectivity index (χ0n) is 10.00. The van der Waals surface area contributed by atoms with Gasteiger partial charge in [0.15, 0.2) is 5.69 Å². The number of nitriles is 1. The molecule has 0 unspecified atom stereocenters. The highest BCUT2D eigenvalue weighted by Gasteiger charge is 2.08. The third-order valence-corrected chi connectivity index (χ3v) is 2.41. The first kappa shape index (κ1) is 12.5. The molecule has 6 nitrogen and oxygen atoms in total. The van der Waals surface area contributed by atoms with Crippen molar-refractivity contribution in [3.63, 3.8) is 0 Å². The summed E-state index contributed by atoms with van der Waals surface area (Å²) in [5, 5.41) is 18.5. The second kappa shape index (κ2) is 5.60. The Morgan fingerprint density at radius 3 is 2.53 bits per heavy atom. The van der Waals surface area contributed by atoms with Crippen molar-refractivity contribution >= 4 is 17.4 Å². The molecule has 0 bridgehead atoms. The van der Waals surface area contributed by atoms with Gasteiger partial charge in [0, 0.05) is 5.69 Å². The molecule has 1 heterocycles. The average molecular weight is 253 g/mol. The summed E-state index contributed by atoms with van der Waals surface area (Å²) in [6.45, 7) is 0. The number of carbonyl (C=O) groups is 1. The highest BCUT2D eigenvalue weighted by molar-refractivity contribution is 6.02. The smallest absolute Gasteiger partial charge is 0.276 e. The van der Waals surface area contributed by atoms with E-state index in [4.69, 9.17) is 11.0 Å². The fourth-order valence-corrected chi connectivity index (χ4v) is 1.46. The molecule has 0 saturated carbocycles. The Labute approximate surface area is 109 Å². The van der Waals surface area contributed by atoms with Gasteiger partial charge in [-0.25, -0.2) is 0 Å². The van der Waals surface area contributed by atoms with E-state index in [1.54, 1.807) is 24.3 Å². The summed E-state index contributed by atoms with van der Waals surface area (Å²) in [6.07, 6.45) is 0.345. The zero-order valence-corrected chi connectivity index (χ0v) is 10.00. The van der Waals surface area contributed by atoms with Crippen molar-refractivity contribution in [1.29, 1.82) is 5.26 Å². The third-order valence-electron chi connectivity index (χ3n) is 2.41. The summed E-state index contributed by atoms with van der Waals surface area (Å²) >= 11 is 0. The zero-order chi connectivity index (χ0) is 13.7. The highest BCUT2D eigenvalue weighted by Crippen LogP contribution is 2.11. The lowest BCUT2D eigenvalue weighted by Crippen LogP contribution is -2.14. The molecule has 0 radical (unpaired) electrons. The average Bonchev–Trinajstić information content (AvgIpc) is 2.42. The summed E-state index contributed by atoms with van der Waals surface area (Å²) in [5.41, 5.74) is 7.11. The molecule has 1 aromatic heterocycles. The third kappa shape index (κ3) is 3.26. The standard InChI is InChI=1S/C13H11N5O/c14-8-7-9-1-3-10(4-2-9)16-13(19)11-5-6-12(15)18-17-11/h1-6H,7H2,(H2,15,18)(H,16,19). The second-order valence-electron chi connectivity index (χ2n) is 3.83. The van der Waals surface area contributed by atoms with E-state index in [0.717, 1.165) is 5.56 Å². The number of nitrogen functional groups attached to an aromatic ring is 1. The van der Waals surface area contributed by atoms with Crippen molar-refractivity contribution in [3.8, 4) is 6.07 Å². The Hall–Kier alpha value is -2.94. The van der Waals surface area contributed by atoms with Gasteiger partial charge in [-0.1, -0.05) is 12.1 Å². The maximum absolute atomic E-state index is 11.8. The molecule has 0 spiro atoms. The van der Waals surface area contributed by atoms with Gasteiger partial charge in [0.05, 0.1) is 12.5 Å². The van der Waals surface area contributed by atoms with Crippen LogP contribution in [0.2, 0.25) is 0 Å². The molecular weight excluding hydrogens is 242 g/mol. The first-order valence-electron chi connectivity index (χ1n) is 5.55. The van der Waals surface area contributed by atoms with Gasteiger partial charge in [0.2, 0.25) is 0 Å². The van der Waals surface area contributed by atoms with Crippen molar-refractivity contribution < 1.29 is 4.79 Å². The van der Waals surface area contributed by atoms with Gasteiger partial charge >= 0.3 is 0 Å². The van der Waals surface area contributed by atoms with E-state index in [1.807, 2.05) is 0 Å². The van der Waals surface area contributed by atoms with Gasteiger partial charge in [0.25, 0.3) is 5.91 Å². The molecule has 19 heavy (non-hydrogen) atoms. The Kier molecular flexibility index (Phi) is 3.69. The van der Waals surface area contributed by atoms with Crippen molar-refractivity contribution in [2.75, 3.05) is 11.1 Å². The van der Waals surface area contributed by atoms with Crippen LogP contribution in [0.5, 0.6) is 0 Å². The maximum Gasteiger partial charge on any atom is 0.276 e. The van der Waals surface area contributed by atoms with Crippen LogP contribution in [-0.4, -0.2) is 16.1 Å². The number of nitrogens with zero attached hydrogens (tertiary/aromatic N) is 3. The van der Waals surface area contributed by atoms with Crippen LogP contribution in [0.25, 0.3) is 0 Å². The fraction of sp³-hybridized carbons (Fsp3) is 0.0769. The molecule has 0 aliphatic heterocycles. The predicted molar refractivity (Wildman–Crippen MR) is 70.2 cm³/mol. The minimum Gasteiger partial charge on any atom is -0.382 e. The normalized spacial score (nSPS) is 9.63. The molecule has 6 heteroatoms. The number of nitrogens with two attached hydrogens (primary N) is 1. The SMILES string of the molecule is N#CCc1ccc(NC(=O)c2ccc(N)nn2)cc1. The molecule has 94 valence electrons. The van der Waals surface area contributed by atoms with Crippen LogP contribution in [-0.2, 0) is 6.42 Å². The van der Waals surface area contributed by atoms with E-state index in [9.17, 15) is 4.79 Å². The first-order chi connectivity index (χ1) is 9.19. The molecule has 0 atom stereocenters. The minimum absolute atomic E-state index is 0.190. The lowest BCUT2D eigenvalue weighted by molar-refractivity contribution is 0.102. The van der Waals surface area contributed by atoms with Gasteiger partial charge in [-0.2, -0.15) is 5.26 Å². The monoisotopic (exact) mass is 253 g/mol. The number of rotatable bonds is 3. The highest BCUT2D eigenvalue weighted by atomic mass is 16.1. The number of aromatic nitrogens is 2. The Balaban J connectivity index is 2.06. The summed E-state index contributed by atoms with van der Waals surface area (Å²) in [7, 11) is 0. The van der Waals surface area contributed by atoms with Crippen molar-refractivity contribution in [3.05, 3.63) is 47.7 Å². The number of carbonyl (C=O) groups excluding carboxylic acids is 1. The summed E-state index contributed by atoms with van der Waals surface area (Å²) in [5.74, 6) is -0.0991. The van der Waals surface area contributed by atoms with Crippen LogP contribution < -0.4 is 11.1 Å². The van der Waals surface area contributed by atoms with Gasteiger partial charge in [-0.3, -0.25) is 4.79 Å². The number of nitrogens with one attached hydrogen (secondary N) is 1. The molecule has 0 aliphatic carbocycles. The van der Waals surface area contributed by atoms with Crippen LogP contribution in [0.15, 0.2) is 36.4 Å². The molecule has 0 fully saturated rings. The predicted octanol–water partition coefficient (Wildman–Crippen LogP) is 1.38. The summed E-state index contributed by atoms with van der Waals surface area (Å²) in [6, 6.07) is 12.1. The minimum atomic E-state index is -0.361. The Bertz CT molecular complexity index is 613. The number of benzene rings is 1. The van der Waals surface area contributed by atoms with Crippen LogP contribution in [0.4, 0.5) is 11.5 Å². The molecule has 1 aromatic carbocycles. The van der Waals surface area contributed by atoms with E-state index >= 15 is 0 Å². The summed E-state index contributed by atoms with van der Waals surface area (Å²) in [4.78, 5) is 11.8. The van der Waals surface area contributed by atoms with Gasteiger partial charge in [-0.15, -0.1) is 10.2 Å². The van der Waals surface area contributed by atoms with Crippen molar-refractivity contribution in [1.82, 2.24) is 10.2 Å². The van der Waals surface area contributed by atoms with E-state index in [0.29, 0.717) is 12.1 Å². The van der Waals surface area contributed by atoms with Crippen LogP contribution in [0.1, 0.15) is 16.1 Å². The van der Waals surface area contributed by atoms with E-state index < -0.39 is 0 Å². The number of hydrogen-bond donors (Lipinski definition) is 2.